The SMILES string of the molecule is Cc1ccc(C)c(CC(=O)Nc2c(C)cccc2N)c1. The topological polar surface area (TPSA) is 55.1 Å². The van der Waals surface area contributed by atoms with Crippen LogP contribution in [0.2, 0.25) is 0 Å². The monoisotopic (exact) mass is 268 g/mol. The highest BCUT2D eigenvalue weighted by Crippen LogP contribution is 2.23. The number of hydrogen-bond acceptors (Lipinski definition) is 2. The second-order valence-electron chi connectivity index (χ2n) is 5.19. The zero-order chi connectivity index (χ0) is 14.7. The molecule has 0 bridgehead atoms. The number of hydrogen-bond donors (Lipinski definition) is 2. The van der Waals surface area contributed by atoms with Gasteiger partial charge < -0.3 is 11.1 Å². The van der Waals surface area contributed by atoms with E-state index < -0.39 is 0 Å². The Morgan fingerprint density at radius 3 is 2.55 bits per heavy atom. The molecule has 0 aliphatic heterocycles. The van der Waals surface area contributed by atoms with Gasteiger partial charge in [0.15, 0.2) is 0 Å². The molecule has 3 N–H and O–H groups in total. The van der Waals surface area contributed by atoms with E-state index in [9.17, 15) is 4.79 Å². The van der Waals surface area contributed by atoms with Crippen LogP contribution in [0.25, 0.3) is 0 Å². The molecule has 2 rings (SSSR count). The van der Waals surface area contributed by atoms with Crippen molar-refractivity contribution in [2.24, 2.45) is 0 Å². The molecule has 0 atom stereocenters. The zero-order valence-corrected chi connectivity index (χ0v) is 12.2. The highest BCUT2D eigenvalue weighted by atomic mass is 16.1. The van der Waals surface area contributed by atoms with Gasteiger partial charge in [-0.2, -0.15) is 0 Å². The molecule has 104 valence electrons. The summed E-state index contributed by atoms with van der Waals surface area (Å²) in [5.41, 5.74) is 11.5. The molecule has 0 radical (unpaired) electrons. The van der Waals surface area contributed by atoms with Crippen LogP contribution in [0.5, 0.6) is 0 Å². The molecule has 0 spiro atoms. The first-order chi connectivity index (χ1) is 9.47. The number of rotatable bonds is 3. The summed E-state index contributed by atoms with van der Waals surface area (Å²) in [6.07, 6.45) is 0.362. The smallest absolute Gasteiger partial charge is 0.228 e. The lowest BCUT2D eigenvalue weighted by Crippen LogP contribution is -2.17. The van der Waals surface area contributed by atoms with E-state index in [1.165, 1.54) is 0 Å². The number of nitrogen functional groups attached to an aromatic ring is 1. The quantitative estimate of drug-likeness (QED) is 0.838. The van der Waals surface area contributed by atoms with E-state index in [2.05, 4.69) is 17.4 Å². The molecular formula is C17H20N2O. The van der Waals surface area contributed by atoms with E-state index in [0.29, 0.717) is 17.8 Å². The third-order valence-electron chi connectivity index (χ3n) is 3.43. The van der Waals surface area contributed by atoms with Crippen LogP contribution < -0.4 is 11.1 Å². The lowest BCUT2D eigenvalue weighted by atomic mass is 10.0. The van der Waals surface area contributed by atoms with Gasteiger partial charge in [-0.05, 0) is 43.5 Å². The Kier molecular flexibility index (Phi) is 4.08. The normalized spacial score (nSPS) is 10.3. The van der Waals surface area contributed by atoms with Crippen LogP contribution in [0, 0.1) is 20.8 Å². The Bertz CT molecular complexity index is 627. The molecule has 0 unspecified atom stereocenters. The van der Waals surface area contributed by atoms with Gasteiger partial charge in [-0.25, -0.2) is 0 Å². The van der Waals surface area contributed by atoms with Gasteiger partial charge in [0.1, 0.15) is 0 Å². The van der Waals surface area contributed by atoms with E-state index in [1.54, 1.807) is 6.07 Å². The third-order valence-corrected chi connectivity index (χ3v) is 3.43. The number of nitrogens with one attached hydrogen (secondary N) is 1. The van der Waals surface area contributed by atoms with Crippen molar-refractivity contribution in [3.8, 4) is 0 Å². The molecule has 0 saturated heterocycles. The molecule has 3 nitrogen and oxygen atoms in total. The molecule has 0 aliphatic rings. The van der Waals surface area contributed by atoms with Gasteiger partial charge >= 0.3 is 0 Å². The van der Waals surface area contributed by atoms with Gasteiger partial charge in [0, 0.05) is 0 Å². The van der Waals surface area contributed by atoms with Crippen LogP contribution in [-0.4, -0.2) is 5.91 Å². The number of anilines is 2. The average Bonchev–Trinajstić information content (AvgIpc) is 2.38. The van der Waals surface area contributed by atoms with Gasteiger partial charge in [0.05, 0.1) is 17.8 Å². The van der Waals surface area contributed by atoms with Crippen LogP contribution in [0.1, 0.15) is 22.3 Å². The highest BCUT2D eigenvalue weighted by molar-refractivity contribution is 5.96. The standard InChI is InChI=1S/C17H20N2O/c1-11-7-8-12(2)14(9-11)10-16(20)19-17-13(3)5-4-6-15(17)18/h4-9H,10,18H2,1-3H3,(H,19,20). The molecule has 0 heterocycles. The second-order valence-corrected chi connectivity index (χ2v) is 5.19. The Balaban J connectivity index is 2.15. The lowest BCUT2D eigenvalue weighted by Gasteiger charge is -2.12. The summed E-state index contributed by atoms with van der Waals surface area (Å²) in [5.74, 6) is -0.0419. The molecule has 2 aromatic rings. The minimum atomic E-state index is -0.0419. The summed E-state index contributed by atoms with van der Waals surface area (Å²) < 4.78 is 0. The van der Waals surface area contributed by atoms with E-state index in [-0.39, 0.29) is 5.91 Å². The van der Waals surface area contributed by atoms with Crippen molar-refractivity contribution < 1.29 is 4.79 Å². The van der Waals surface area contributed by atoms with E-state index in [0.717, 1.165) is 22.3 Å². The van der Waals surface area contributed by atoms with Crippen molar-refractivity contribution in [3.63, 3.8) is 0 Å². The minimum absolute atomic E-state index is 0.0419. The maximum absolute atomic E-state index is 12.2. The molecule has 3 heteroatoms. The number of aryl methyl sites for hydroxylation is 3. The predicted octanol–water partition coefficient (Wildman–Crippen LogP) is 3.38. The summed E-state index contributed by atoms with van der Waals surface area (Å²) >= 11 is 0. The van der Waals surface area contributed by atoms with Crippen molar-refractivity contribution in [3.05, 3.63) is 58.7 Å². The number of amides is 1. The van der Waals surface area contributed by atoms with Crippen molar-refractivity contribution in [2.45, 2.75) is 27.2 Å². The van der Waals surface area contributed by atoms with E-state index >= 15 is 0 Å². The fourth-order valence-corrected chi connectivity index (χ4v) is 2.21. The summed E-state index contributed by atoms with van der Waals surface area (Å²) in [4.78, 5) is 12.2. The molecular weight excluding hydrogens is 248 g/mol. The third kappa shape index (κ3) is 3.18. The second kappa shape index (κ2) is 5.78. The molecule has 20 heavy (non-hydrogen) atoms. The molecule has 0 fully saturated rings. The molecule has 0 aliphatic carbocycles. The van der Waals surface area contributed by atoms with Crippen molar-refractivity contribution >= 4 is 17.3 Å². The first-order valence-corrected chi connectivity index (χ1v) is 6.68. The Hall–Kier alpha value is -2.29. The number of carbonyl (C=O) groups excluding carboxylic acids is 1. The molecule has 2 aromatic carbocycles. The van der Waals surface area contributed by atoms with E-state index in [1.807, 2.05) is 39.0 Å². The predicted molar refractivity (Wildman–Crippen MR) is 83.8 cm³/mol. The van der Waals surface area contributed by atoms with Crippen LogP contribution >= 0.6 is 0 Å². The largest absolute Gasteiger partial charge is 0.397 e. The molecule has 0 saturated carbocycles. The zero-order valence-electron chi connectivity index (χ0n) is 12.2. The fraction of sp³-hybridized carbons (Fsp3) is 0.235. The van der Waals surface area contributed by atoms with Crippen LogP contribution in [0.3, 0.4) is 0 Å². The Morgan fingerprint density at radius 1 is 1.10 bits per heavy atom. The van der Waals surface area contributed by atoms with Crippen molar-refractivity contribution in [1.29, 1.82) is 0 Å². The van der Waals surface area contributed by atoms with E-state index in [4.69, 9.17) is 5.73 Å². The number of benzene rings is 2. The maximum Gasteiger partial charge on any atom is 0.228 e. The number of nitrogens with two attached hydrogens (primary N) is 1. The van der Waals surface area contributed by atoms with Crippen molar-refractivity contribution in [1.82, 2.24) is 0 Å². The minimum Gasteiger partial charge on any atom is -0.397 e. The van der Waals surface area contributed by atoms with Gasteiger partial charge in [0.25, 0.3) is 0 Å². The van der Waals surface area contributed by atoms with Crippen LogP contribution in [0.4, 0.5) is 11.4 Å². The summed E-state index contributed by atoms with van der Waals surface area (Å²) in [5, 5.41) is 2.91. The van der Waals surface area contributed by atoms with Gasteiger partial charge in [-0.1, -0.05) is 35.9 Å². The average molecular weight is 268 g/mol. The Labute approximate surface area is 119 Å². The first-order valence-electron chi connectivity index (χ1n) is 6.68. The maximum atomic E-state index is 12.2. The van der Waals surface area contributed by atoms with Crippen LogP contribution in [0.15, 0.2) is 36.4 Å². The first kappa shape index (κ1) is 14.1. The molecule has 1 amide bonds. The number of carbonyl (C=O) groups is 1. The van der Waals surface area contributed by atoms with Crippen LogP contribution in [-0.2, 0) is 11.2 Å². The lowest BCUT2D eigenvalue weighted by molar-refractivity contribution is -0.115. The molecule has 0 aromatic heterocycles. The summed E-state index contributed by atoms with van der Waals surface area (Å²) in [6.45, 7) is 5.98. The van der Waals surface area contributed by atoms with Gasteiger partial charge in [-0.15, -0.1) is 0 Å². The highest BCUT2D eigenvalue weighted by Gasteiger charge is 2.10. The Morgan fingerprint density at radius 2 is 1.85 bits per heavy atom. The summed E-state index contributed by atoms with van der Waals surface area (Å²) in [6, 6.07) is 11.8. The van der Waals surface area contributed by atoms with Gasteiger partial charge in [-0.3, -0.25) is 4.79 Å². The number of para-hydroxylation sites is 1. The van der Waals surface area contributed by atoms with Crippen molar-refractivity contribution in [2.75, 3.05) is 11.1 Å². The fourth-order valence-electron chi connectivity index (χ4n) is 2.21. The van der Waals surface area contributed by atoms with Gasteiger partial charge in [0.2, 0.25) is 5.91 Å². The summed E-state index contributed by atoms with van der Waals surface area (Å²) in [7, 11) is 0.